The summed E-state index contributed by atoms with van der Waals surface area (Å²) in [6.45, 7) is 5.11. The van der Waals surface area contributed by atoms with Gasteiger partial charge in [0.05, 0.1) is 5.56 Å². The van der Waals surface area contributed by atoms with Crippen LogP contribution >= 0.6 is 0 Å². The molecule has 3 fully saturated rings. The summed E-state index contributed by atoms with van der Waals surface area (Å²) in [6, 6.07) is 6.17. The second kappa shape index (κ2) is 7.27. The van der Waals surface area contributed by atoms with E-state index in [-0.39, 0.29) is 23.1 Å². The first kappa shape index (κ1) is 17.3. The van der Waals surface area contributed by atoms with Crippen molar-refractivity contribution in [3.05, 3.63) is 29.8 Å². The highest BCUT2D eigenvalue weighted by atomic mass is 16.3. The Morgan fingerprint density at radius 2 is 1.73 bits per heavy atom. The van der Waals surface area contributed by atoms with Gasteiger partial charge in [0.1, 0.15) is 11.8 Å². The molecule has 0 bridgehead atoms. The van der Waals surface area contributed by atoms with Crippen molar-refractivity contribution >= 4 is 11.8 Å². The van der Waals surface area contributed by atoms with Crippen molar-refractivity contribution in [1.29, 1.82) is 0 Å². The van der Waals surface area contributed by atoms with Gasteiger partial charge in [-0.1, -0.05) is 12.1 Å². The summed E-state index contributed by atoms with van der Waals surface area (Å²) in [4.78, 5) is 31.9. The van der Waals surface area contributed by atoms with E-state index in [2.05, 4.69) is 4.90 Å². The predicted molar refractivity (Wildman–Crippen MR) is 97.9 cm³/mol. The van der Waals surface area contributed by atoms with Gasteiger partial charge in [0.2, 0.25) is 5.91 Å². The molecule has 0 spiro atoms. The Bertz CT molecular complexity index is 681. The number of aromatic hydroxyl groups is 1. The number of rotatable bonds is 4. The molecule has 0 radical (unpaired) electrons. The molecule has 26 heavy (non-hydrogen) atoms. The van der Waals surface area contributed by atoms with E-state index in [0.717, 1.165) is 38.5 Å². The standard InChI is InChI=1S/C20H27N3O3/c24-18-6-2-1-4-16(18)19(25)23-9-3-5-17(23)20(26)22-12-10-21(11-13-22)14-15-7-8-15/h1-2,4,6,15,17,24H,3,5,7-14H2. The van der Waals surface area contributed by atoms with E-state index in [9.17, 15) is 14.7 Å². The number of nitrogens with zero attached hydrogens (tertiary/aromatic N) is 3. The molecule has 4 rings (SSSR count). The van der Waals surface area contributed by atoms with Gasteiger partial charge in [-0.3, -0.25) is 14.5 Å². The van der Waals surface area contributed by atoms with Gasteiger partial charge in [-0.15, -0.1) is 0 Å². The number of carbonyl (C=O) groups is 2. The lowest BCUT2D eigenvalue weighted by molar-refractivity contribution is -0.137. The molecule has 2 amide bonds. The minimum absolute atomic E-state index is 0.0238. The van der Waals surface area contributed by atoms with Gasteiger partial charge in [-0.25, -0.2) is 0 Å². The molecule has 1 N–H and O–H groups in total. The van der Waals surface area contributed by atoms with E-state index in [1.165, 1.54) is 25.5 Å². The van der Waals surface area contributed by atoms with Crippen LogP contribution < -0.4 is 0 Å². The molecule has 1 aromatic carbocycles. The molecule has 6 nitrogen and oxygen atoms in total. The van der Waals surface area contributed by atoms with Gasteiger partial charge < -0.3 is 14.9 Å². The van der Waals surface area contributed by atoms with Crippen LogP contribution in [0, 0.1) is 5.92 Å². The normalized spacial score (nSPS) is 24.1. The number of para-hydroxylation sites is 1. The highest BCUT2D eigenvalue weighted by molar-refractivity contribution is 5.99. The highest BCUT2D eigenvalue weighted by Gasteiger charge is 2.38. The highest BCUT2D eigenvalue weighted by Crippen LogP contribution is 2.30. The first-order chi connectivity index (χ1) is 12.6. The van der Waals surface area contributed by atoms with E-state index in [1.807, 2.05) is 4.90 Å². The molecule has 1 unspecified atom stereocenters. The molecule has 140 valence electrons. The maximum atomic E-state index is 13.0. The SMILES string of the molecule is O=C(C1CCCN1C(=O)c1ccccc1O)N1CCN(CC2CC2)CC1. The third-order valence-corrected chi connectivity index (χ3v) is 5.83. The molecular weight excluding hydrogens is 330 g/mol. The zero-order valence-corrected chi connectivity index (χ0v) is 15.1. The fourth-order valence-corrected chi connectivity index (χ4v) is 4.10. The summed E-state index contributed by atoms with van der Waals surface area (Å²) in [5.41, 5.74) is 0.279. The smallest absolute Gasteiger partial charge is 0.258 e. The molecule has 2 saturated heterocycles. The van der Waals surface area contributed by atoms with Gasteiger partial charge in [0.15, 0.2) is 0 Å². The maximum absolute atomic E-state index is 13.0. The lowest BCUT2D eigenvalue weighted by Crippen LogP contribution is -2.54. The Morgan fingerprint density at radius 3 is 2.42 bits per heavy atom. The molecule has 1 aromatic rings. The van der Waals surface area contributed by atoms with Gasteiger partial charge in [0, 0.05) is 39.3 Å². The number of phenolic OH excluding ortho intramolecular Hbond substituents is 1. The number of phenols is 1. The fraction of sp³-hybridized carbons (Fsp3) is 0.600. The summed E-state index contributed by atoms with van der Waals surface area (Å²) in [7, 11) is 0. The van der Waals surface area contributed by atoms with E-state index < -0.39 is 6.04 Å². The average molecular weight is 357 g/mol. The molecule has 1 atom stereocenters. The van der Waals surface area contributed by atoms with Crippen LogP contribution in [0.15, 0.2) is 24.3 Å². The zero-order chi connectivity index (χ0) is 18.1. The molecular formula is C20H27N3O3. The number of hydrogen-bond acceptors (Lipinski definition) is 4. The van der Waals surface area contributed by atoms with Crippen molar-refractivity contribution in [2.24, 2.45) is 5.92 Å². The largest absolute Gasteiger partial charge is 0.507 e. The monoisotopic (exact) mass is 357 g/mol. The number of carbonyl (C=O) groups excluding carboxylic acids is 2. The van der Waals surface area contributed by atoms with Crippen molar-refractivity contribution in [2.45, 2.75) is 31.7 Å². The molecule has 1 saturated carbocycles. The maximum Gasteiger partial charge on any atom is 0.258 e. The van der Waals surface area contributed by atoms with Crippen LogP contribution in [-0.4, -0.2) is 76.9 Å². The summed E-state index contributed by atoms with van der Waals surface area (Å²) >= 11 is 0. The first-order valence-electron chi connectivity index (χ1n) is 9.73. The third-order valence-electron chi connectivity index (χ3n) is 5.83. The Kier molecular flexibility index (Phi) is 4.85. The van der Waals surface area contributed by atoms with E-state index in [4.69, 9.17) is 0 Å². The van der Waals surface area contributed by atoms with E-state index in [1.54, 1.807) is 23.1 Å². The molecule has 2 aliphatic heterocycles. The Labute approximate surface area is 154 Å². The third kappa shape index (κ3) is 3.56. The lowest BCUT2D eigenvalue weighted by Gasteiger charge is -2.37. The van der Waals surface area contributed by atoms with Crippen LogP contribution in [0.1, 0.15) is 36.0 Å². The zero-order valence-electron chi connectivity index (χ0n) is 15.1. The Balaban J connectivity index is 1.39. The Morgan fingerprint density at radius 1 is 1.00 bits per heavy atom. The van der Waals surface area contributed by atoms with Crippen LogP contribution in [0.4, 0.5) is 0 Å². The summed E-state index contributed by atoms with van der Waals surface area (Å²) < 4.78 is 0. The summed E-state index contributed by atoms with van der Waals surface area (Å²) in [6.07, 6.45) is 4.24. The van der Waals surface area contributed by atoms with Crippen molar-refractivity contribution in [3.63, 3.8) is 0 Å². The van der Waals surface area contributed by atoms with Crippen LogP contribution in [0.2, 0.25) is 0 Å². The van der Waals surface area contributed by atoms with E-state index in [0.29, 0.717) is 13.0 Å². The topological polar surface area (TPSA) is 64.1 Å². The Hall–Kier alpha value is -2.08. The second-order valence-corrected chi connectivity index (χ2v) is 7.74. The van der Waals surface area contributed by atoms with Gasteiger partial charge in [0.25, 0.3) is 5.91 Å². The number of likely N-dealkylation sites (tertiary alicyclic amines) is 1. The van der Waals surface area contributed by atoms with Crippen molar-refractivity contribution < 1.29 is 14.7 Å². The predicted octanol–water partition coefficient (Wildman–Crippen LogP) is 1.55. The van der Waals surface area contributed by atoms with Crippen molar-refractivity contribution in [2.75, 3.05) is 39.3 Å². The van der Waals surface area contributed by atoms with Crippen LogP contribution in [0.3, 0.4) is 0 Å². The number of piperazine rings is 1. The van der Waals surface area contributed by atoms with Gasteiger partial charge >= 0.3 is 0 Å². The molecule has 2 heterocycles. The molecule has 0 aromatic heterocycles. The molecule has 1 aliphatic carbocycles. The second-order valence-electron chi connectivity index (χ2n) is 7.74. The average Bonchev–Trinajstić information content (AvgIpc) is 3.33. The van der Waals surface area contributed by atoms with Crippen molar-refractivity contribution in [1.82, 2.24) is 14.7 Å². The minimum Gasteiger partial charge on any atom is -0.507 e. The molecule has 3 aliphatic rings. The van der Waals surface area contributed by atoms with Crippen molar-refractivity contribution in [3.8, 4) is 5.75 Å². The van der Waals surface area contributed by atoms with E-state index >= 15 is 0 Å². The number of benzene rings is 1. The van der Waals surface area contributed by atoms with Crippen LogP contribution in [0.25, 0.3) is 0 Å². The summed E-state index contributed by atoms with van der Waals surface area (Å²) in [5.74, 6) is 0.673. The minimum atomic E-state index is -0.392. The summed E-state index contributed by atoms with van der Waals surface area (Å²) in [5, 5.41) is 9.97. The number of hydrogen-bond donors (Lipinski definition) is 1. The van der Waals surface area contributed by atoms with Gasteiger partial charge in [-0.2, -0.15) is 0 Å². The van der Waals surface area contributed by atoms with Crippen LogP contribution in [-0.2, 0) is 4.79 Å². The lowest BCUT2D eigenvalue weighted by atomic mass is 10.1. The first-order valence-corrected chi connectivity index (χ1v) is 9.73. The van der Waals surface area contributed by atoms with Gasteiger partial charge in [-0.05, 0) is 43.7 Å². The number of amides is 2. The quantitative estimate of drug-likeness (QED) is 0.888. The van der Waals surface area contributed by atoms with Crippen LogP contribution in [0.5, 0.6) is 5.75 Å². The fourth-order valence-electron chi connectivity index (χ4n) is 4.10. The molecule has 6 heteroatoms.